The van der Waals surface area contributed by atoms with Crippen LogP contribution in [0.5, 0.6) is 0 Å². The first-order chi connectivity index (χ1) is 15.7. The first kappa shape index (κ1) is 21.1. The van der Waals surface area contributed by atoms with Crippen LogP contribution in [0.1, 0.15) is 41.1 Å². The van der Waals surface area contributed by atoms with Gasteiger partial charge < -0.3 is 5.32 Å². The third-order valence-corrected chi connectivity index (χ3v) is 6.98. The number of nitrogens with zero attached hydrogens (tertiary/aromatic N) is 2. The maximum Gasteiger partial charge on any atom is 0.133 e. The van der Waals surface area contributed by atoms with Crippen molar-refractivity contribution in [2.45, 2.75) is 31.6 Å². The summed E-state index contributed by atoms with van der Waals surface area (Å²) in [5.74, 6) is 1.27. The fourth-order valence-corrected chi connectivity index (χ4v) is 4.94. The van der Waals surface area contributed by atoms with Crippen LogP contribution in [0.3, 0.4) is 0 Å². The Morgan fingerprint density at radius 3 is 2.22 bits per heavy atom. The van der Waals surface area contributed by atoms with Gasteiger partial charge in [0.2, 0.25) is 0 Å². The van der Waals surface area contributed by atoms with Crippen LogP contribution in [-0.4, -0.2) is 16.3 Å². The average Bonchev–Trinajstić information content (AvgIpc) is 2.99. The molecular formula is C27H25Cl2N3. The van der Waals surface area contributed by atoms with Crippen molar-refractivity contribution in [1.82, 2.24) is 9.78 Å². The van der Waals surface area contributed by atoms with Crippen LogP contribution in [0.15, 0.2) is 78.9 Å². The molecule has 0 fully saturated rings. The molecule has 162 valence electrons. The van der Waals surface area contributed by atoms with Gasteiger partial charge in [0.15, 0.2) is 0 Å². The first-order valence-electron chi connectivity index (χ1n) is 11.1. The summed E-state index contributed by atoms with van der Waals surface area (Å²) in [6.45, 7) is 0.928. The van der Waals surface area contributed by atoms with E-state index >= 15 is 0 Å². The quantitative estimate of drug-likeness (QED) is 0.337. The SMILES string of the molecule is Clc1cccc(-n2nc(CC(c3ccccc3)c3ccccc3)c3c2NCCCC3)c1Cl. The van der Waals surface area contributed by atoms with Gasteiger partial charge in [0.25, 0.3) is 0 Å². The molecule has 0 radical (unpaired) electrons. The van der Waals surface area contributed by atoms with Crippen molar-refractivity contribution in [1.29, 1.82) is 0 Å². The Balaban J connectivity index is 1.62. The van der Waals surface area contributed by atoms with Crippen LogP contribution in [0.25, 0.3) is 5.69 Å². The lowest BCUT2D eigenvalue weighted by atomic mass is 9.86. The molecule has 0 saturated heterocycles. The molecule has 5 rings (SSSR count). The molecule has 3 nitrogen and oxygen atoms in total. The van der Waals surface area contributed by atoms with E-state index in [0.717, 1.165) is 49.4 Å². The predicted octanol–water partition coefficient (Wildman–Crippen LogP) is 7.30. The highest BCUT2D eigenvalue weighted by Crippen LogP contribution is 2.36. The number of aromatic nitrogens is 2. The highest BCUT2D eigenvalue weighted by Gasteiger charge is 2.25. The number of rotatable bonds is 5. The molecule has 1 aliphatic rings. The Hall–Kier alpha value is -2.75. The second-order valence-corrected chi connectivity index (χ2v) is 9.01. The van der Waals surface area contributed by atoms with Gasteiger partial charge in [0, 0.05) is 24.4 Å². The maximum atomic E-state index is 6.60. The fraction of sp³-hybridized carbons (Fsp3) is 0.222. The van der Waals surface area contributed by atoms with Gasteiger partial charge in [0.05, 0.1) is 21.4 Å². The minimum Gasteiger partial charge on any atom is -0.370 e. The summed E-state index contributed by atoms with van der Waals surface area (Å²) < 4.78 is 1.96. The summed E-state index contributed by atoms with van der Waals surface area (Å²) in [5.41, 5.74) is 5.80. The molecule has 5 heteroatoms. The van der Waals surface area contributed by atoms with E-state index in [1.54, 1.807) is 0 Å². The van der Waals surface area contributed by atoms with Crippen molar-refractivity contribution in [3.63, 3.8) is 0 Å². The number of halogens is 2. The molecular weight excluding hydrogens is 437 g/mol. The van der Waals surface area contributed by atoms with Gasteiger partial charge in [-0.1, -0.05) is 89.9 Å². The first-order valence-corrected chi connectivity index (χ1v) is 11.9. The summed E-state index contributed by atoms with van der Waals surface area (Å²) in [4.78, 5) is 0. The van der Waals surface area contributed by atoms with Crippen LogP contribution in [0.2, 0.25) is 10.0 Å². The summed E-state index contributed by atoms with van der Waals surface area (Å²) in [6.07, 6.45) is 4.11. The molecule has 4 aromatic rings. The minimum absolute atomic E-state index is 0.225. The zero-order valence-corrected chi connectivity index (χ0v) is 19.3. The Labute approximate surface area is 199 Å². The van der Waals surface area contributed by atoms with Crippen molar-refractivity contribution in [2.75, 3.05) is 11.9 Å². The molecule has 0 saturated carbocycles. The van der Waals surface area contributed by atoms with E-state index in [4.69, 9.17) is 28.3 Å². The standard InChI is InChI=1S/C27H25Cl2N3/c28-23-15-9-16-25(26(23)29)32-27-21(14-7-8-17-30-27)24(31-32)18-22(19-10-3-1-4-11-19)20-12-5-2-6-13-20/h1-6,9-13,15-16,22,30H,7-8,14,17-18H2. The fourth-order valence-electron chi connectivity index (χ4n) is 4.56. The predicted molar refractivity (Wildman–Crippen MR) is 133 cm³/mol. The molecule has 1 aromatic heterocycles. The number of benzene rings is 3. The lowest BCUT2D eigenvalue weighted by Gasteiger charge is -2.18. The lowest BCUT2D eigenvalue weighted by molar-refractivity contribution is 0.727. The average molecular weight is 462 g/mol. The molecule has 0 atom stereocenters. The molecule has 1 aliphatic heterocycles. The van der Waals surface area contributed by atoms with Gasteiger partial charge >= 0.3 is 0 Å². The zero-order valence-electron chi connectivity index (χ0n) is 17.8. The molecule has 1 N–H and O–H groups in total. The van der Waals surface area contributed by atoms with Gasteiger partial charge in [-0.05, 0) is 42.5 Å². The van der Waals surface area contributed by atoms with E-state index in [1.165, 1.54) is 16.7 Å². The van der Waals surface area contributed by atoms with Gasteiger partial charge in [-0.3, -0.25) is 0 Å². The molecule has 3 aromatic carbocycles. The van der Waals surface area contributed by atoms with Gasteiger partial charge in [0.1, 0.15) is 5.82 Å². The number of hydrogen-bond donors (Lipinski definition) is 1. The van der Waals surface area contributed by atoms with Crippen LogP contribution in [0, 0.1) is 0 Å². The summed E-state index contributed by atoms with van der Waals surface area (Å²) >= 11 is 12.9. The Kier molecular flexibility index (Phi) is 6.20. The second-order valence-electron chi connectivity index (χ2n) is 8.22. The van der Waals surface area contributed by atoms with Crippen LogP contribution >= 0.6 is 23.2 Å². The molecule has 0 aliphatic carbocycles. The number of anilines is 1. The van der Waals surface area contributed by atoms with Crippen LogP contribution < -0.4 is 5.32 Å². The lowest BCUT2D eigenvalue weighted by Crippen LogP contribution is -2.08. The number of fused-ring (bicyclic) bond motifs is 1. The van der Waals surface area contributed by atoms with Crippen LogP contribution in [0.4, 0.5) is 5.82 Å². The highest BCUT2D eigenvalue weighted by atomic mass is 35.5. The monoisotopic (exact) mass is 461 g/mol. The highest BCUT2D eigenvalue weighted by molar-refractivity contribution is 6.43. The van der Waals surface area contributed by atoms with Crippen molar-refractivity contribution >= 4 is 29.0 Å². The summed E-state index contributed by atoms with van der Waals surface area (Å²) in [6, 6.07) is 27.1. The molecule has 0 bridgehead atoms. The van der Waals surface area contributed by atoms with E-state index < -0.39 is 0 Å². The third kappa shape index (κ3) is 4.15. The second kappa shape index (κ2) is 9.40. The van der Waals surface area contributed by atoms with Gasteiger partial charge in [-0.15, -0.1) is 0 Å². The van der Waals surface area contributed by atoms with Crippen molar-refractivity contribution < 1.29 is 0 Å². The topological polar surface area (TPSA) is 29.9 Å². The molecule has 0 amide bonds. The van der Waals surface area contributed by atoms with Gasteiger partial charge in [-0.2, -0.15) is 5.10 Å². The number of nitrogens with one attached hydrogen (secondary N) is 1. The van der Waals surface area contributed by atoms with E-state index in [9.17, 15) is 0 Å². The smallest absolute Gasteiger partial charge is 0.133 e. The number of hydrogen-bond acceptors (Lipinski definition) is 2. The summed E-state index contributed by atoms with van der Waals surface area (Å²) in [7, 11) is 0. The van der Waals surface area contributed by atoms with Crippen LogP contribution in [-0.2, 0) is 12.8 Å². The van der Waals surface area contributed by atoms with E-state index in [1.807, 2.05) is 22.9 Å². The van der Waals surface area contributed by atoms with E-state index in [2.05, 4.69) is 66.0 Å². The molecule has 0 spiro atoms. The Bertz CT molecular complexity index is 1160. The molecule has 0 unspecified atom stereocenters. The van der Waals surface area contributed by atoms with Crippen molar-refractivity contribution in [3.8, 4) is 5.69 Å². The molecule has 2 heterocycles. The third-order valence-electron chi connectivity index (χ3n) is 6.17. The van der Waals surface area contributed by atoms with E-state index in [-0.39, 0.29) is 5.92 Å². The Morgan fingerprint density at radius 1 is 0.844 bits per heavy atom. The van der Waals surface area contributed by atoms with E-state index in [0.29, 0.717) is 10.0 Å². The zero-order chi connectivity index (χ0) is 21.9. The minimum atomic E-state index is 0.225. The van der Waals surface area contributed by atoms with Crippen molar-refractivity contribution in [3.05, 3.63) is 111 Å². The largest absolute Gasteiger partial charge is 0.370 e. The normalized spacial score (nSPS) is 13.5. The Morgan fingerprint density at radius 2 is 1.53 bits per heavy atom. The van der Waals surface area contributed by atoms with Crippen molar-refractivity contribution in [2.24, 2.45) is 0 Å². The van der Waals surface area contributed by atoms with Gasteiger partial charge in [-0.25, -0.2) is 4.68 Å². The maximum absolute atomic E-state index is 6.60. The summed E-state index contributed by atoms with van der Waals surface area (Å²) in [5, 5.41) is 9.78. The molecule has 32 heavy (non-hydrogen) atoms.